The molecule has 0 bridgehead atoms. The highest BCUT2D eigenvalue weighted by atomic mass is 79.9. The number of hydrogen-bond acceptors (Lipinski definition) is 3. The predicted octanol–water partition coefficient (Wildman–Crippen LogP) is 5.64. The van der Waals surface area contributed by atoms with Crippen molar-refractivity contribution in [3.8, 4) is 5.75 Å². The van der Waals surface area contributed by atoms with Crippen LogP contribution in [0.4, 0.5) is 11.4 Å². The SMILES string of the molecule is CCCCCCOc1ccc(C(=O)Nc2cccc(N(C)C(C)=O)c2)cc1Br. The first-order chi connectivity index (χ1) is 13.4. The van der Waals surface area contributed by atoms with E-state index >= 15 is 0 Å². The lowest BCUT2D eigenvalue weighted by Gasteiger charge is -2.16. The number of rotatable bonds is 9. The highest BCUT2D eigenvalue weighted by Crippen LogP contribution is 2.27. The van der Waals surface area contributed by atoms with Crippen LogP contribution in [0.1, 0.15) is 49.9 Å². The van der Waals surface area contributed by atoms with Crippen LogP contribution < -0.4 is 15.0 Å². The molecule has 0 atom stereocenters. The van der Waals surface area contributed by atoms with Gasteiger partial charge < -0.3 is 15.0 Å². The zero-order valence-electron chi connectivity index (χ0n) is 16.6. The first-order valence-corrected chi connectivity index (χ1v) is 10.3. The molecule has 150 valence electrons. The molecule has 0 aromatic heterocycles. The highest BCUT2D eigenvalue weighted by Gasteiger charge is 2.11. The molecule has 0 aliphatic rings. The molecule has 0 radical (unpaired) electrons. The van der Waals surface area contributed by atoms with Gasteiger partial charge in [-0.3, -0.25) is 9.59 Å². The Bertz CT molecular complexity index is 823. The van der Waals surface area contributed by atoms with Gasteiger partial charge in [-0.15, -0.1) is 0 Å². The Hall–Kier alpha value is -2.34. The van der Waals surface area contributed by atoms with Gasteiger partial charge in [0.25, 0.3) is 5.91 Å². The first kappa shape index (κ1) is 22.0. The fourth-order valence-corrected chi connectivity index (χ4v) is 3.14. The maximum absolute atomic E-state index is 12.6. The van der Waals surface area contributed by atoms with Gasteiger partial charge in [0.05, 0.1) is 11.1 Å². The van der Waals surface area contributed by atoms with Crippen molar-refractivity contribution in [2.24, 2.45) is 0 Å². The summed E-state index contributed by atoms with van der Waals surface area (Å²) in [5.74, 6) is 0.439. The number of unbranched alkanes of at least 4 members (excludes halogenated alkanes) is 3. The maximum Gasteiger partial charge on any atom is 0.255 e. The van der Waals surface area contributed by atoms with Gasteiger partial charge >= 0.3 is 0 Å². The second-order valence-electron chi connectivity index (χ2n) is 6.64. The number of anilines is 2. The summed E-state index contributed by atoms with van der Waals surface area (Å²) in [6, 6.07) is 12.5. The van der Waals surface area contributed by atoms with Crippen molar-refractivity contribution in [3.63, 3.8) is 0 Å². The van der Waals surface area contributed by atoms with Crippen LogP contribution in [-0.2, 0) is 4.79 Å². The highest BCUT2D eigenvalue weighted by molar-refractivity contribution is 9.10. The van der Waals surface area contributed by atoms with Crippen LogP contribution >= 0.6 is 15.9 Å². The average Bonchev–Trinajstić information content (AvgIpc) is 2.68. The first-order valence-electron chi connectivity index (χ1n) is 9.50. The Morgan fingerprint density at radius 3 is 2.57 bits per heavy atom. The lowest BCUT2D eigenvalue weighted by Crippen LogP contribution is -2.23. The van der Waals surface area contributed by atoms with Gasteiger partial charge in [-0.25, -0.2) is 0 Å². The van der Waals surface area contributed by atoms with Crippen LogP contribution in [0.3, 0.4) is 0 Å². The van der Waals surface area contributed by atoms with Gasteiger partial charge in [0, 0.05) is 30.9 Å². The number of halogens is 1. The second-order valence-corrected chi connectivity index (χ2v) is 7.49. The van der Waals surface area contributed by atoms with Crippen LogP contribution in [0.2, 0.25) is 0 Å². The summed E-state index contributed by atoms with van der Waals surface area (Å²) in [6.07, 6.45) is 4.59. The van der Waals surface area contributed by atoms with E-state index in [9.17, 15) is 9.59 Å². The van der Waals surface area contributed by atoms with E-state index in [1.54, 1.807) is 43.4 Å². The number of amides is 2. The van der Waals surface area contributed by atoms with Crippen molar-refractivity contribution in [2.45, 2.75) is 39.5 Å². The molecule has 0 heterocycles. The Balaban J connectivity index is 2.00. The number of nitrogens with one attached hydrogen (secondary N) is 1. The van der Waals surface area contributed by atoms with Crippen molar-refractivity contribution in [2.75, 3.05) is 23.9 Å². The van der Waals surface area contributed by atoms with E-state index in [1.165, 1.54) is 24.7 Å². The minimum absolute atomic E-state index is 0.0716. The smallest absolute Gasteiger partial charge is 0.255 e. The van der Waals surface area contributed by atoms with Crippen molar-refractivity contribution >= 4 is 39.1 Å². The Kier molecular flexibility index (Phi) is 8.51. The molecule has 2 aromatic rings. The van der Waals surface area contributed by atoms with E-state index in [0.29, 0.717) is 17.9 Å². The molecule has 6 heteroatoms. The molecule has 0 aliphatic heterocycles. The number of benzene rings is 2. The third-order valence-electron chi connectivity index (χ3n) is 4.41. The summed E-state index contributed by atoms with van der Waals surface area (Å²) in [7, 11) is 1.70. The van der Waals surface area contributed by atoms with Crippen LogP contribution in [0.25, 0.3) is 0 Å². The normalized spacial score (nSPS) is 10.4. The van der Waals surface area contributed by atoms with Crippen molar-refractivity contribution in [1.82, 2.24) is 0 Å². The third-order valence-corrected chi connectivity index (χ3v) is 5.03. The molecule has 2 rings (SSSR count). The molecular formula is C22H27BrN2O3. The molecule has 0 spiro atoms. The van der Waals surface area contributed by atoms with E-state index in [4.69, 9.17) is 4.74 Å². The predicted molar refractivity (Wildman–Crippen MR) is 117 cm³/mol. The summed E-state index contributed by atoms with van der Waals surface area (Å²) in [5.41, 5.74) is 1.87. The molecule has 0 fully saturated rings. The van der Waals surface area contributed by atoms with E-state index < -0.39 is 0 Å². The second kappa shape index (κ2) is 10.9. The maximum atomic E-state index is 12.6. The zero-order chi connectivity index (χ0) is 20.5. The molecule has 2 amide bonds. The van der Waals surface area contributed by atoms with Crippen LogP contribution in [-0.4, -0.2) is 25.5 Å². The lowest BCUT2D eigenvalue weighted by molar-refractivity contribution is -0.116. The molecule has 5 nitrogen and oxygen atoms in total. The molecule has 2 aromatic carbocycles. The van der Waals surface area contributed by atoms with Gasteiger partial charge in [0.2, 0.25) is 5.91 Å². The molecule has 0 aliphatic carbocycles. The van der Waals surface area contributed by atoms with Crippen LogP contribution in [0.15, 0.2) is 46.9 Å². The monoisotopic (exact) mass is 446 g/mol. The minimum Gasteiger partial charge on any atom is -0.492 e. The summed E-state index contributed by atoms with van der Waals surface area (Å²) in [4.78, 5) is 25.6. The molecule has 0 saturated carbocycles. The number of carbonyl (C=O) groups excluding carboxylic acids is 2. The summed E-state index contributed by atoms with van der Waals surface area (Å²) in [6.45, 7) is 4.34. The standard InChI is InChI=1S/C22H27BrN2O3/c1-4-5-6-7-13-28-21-12-11-17(14-20(21)23)22(27)24-18-9-8-10-19(15-18)25(3)16(2)26/h8-12,14-15H,4-7,13H2,1-3H3,(H,24,27). The Labute approximate surface area is 175 Å². The summed E-state index contributed by atoms with van der Waals surface area (Å²) < 4.78 is 6.54. The lowest BCUT2D eigenvalue weighted by atomic mass is 10.2. The number of ether oxygens (including phenoxy) is 1. The fourth-order valence-electron chi connectivity index (χ4n) is 2.65. The molecule has 0 unspecified atom stereocenters. The number of hydrogen-bond donors (Lipinski definition) is 1. The number of carbonyl (C=O) groups is 2. The topological polar surface area (TPSA) is 58.6 Å². The minimum atomic E-state index is -0.224. The largest absolute Gasteiger partial charge is 0.492 e. The Morgan fingerprint density at radius 2 is 1.89 bits per heavy atom. The van der Waals surface area contributed by atoms with Crippen molar-refractivity contribution in [1.29, 1.82) is 0 Å². The van der Waals surface area contributed by atoms with Gasteiger partial charge in [0.15, 0.2) is 0 Å². The quantitative estimate of drug-likeness (QED) is 0.506. The molecular weight excluding hydrogens is 420 g/mol. The number of nitrogens with zero attached hydrogens (tertiary/aromatic N) is 1. The van der Waals surface area contributed by atoms with Gasteiger partial charge in [-0.05, 0) is 58.7 Å². The van der Waals surface area contributed by atoms with Crippen molar-refractivity contribution < 1.29 is 14.3 Å². The van der Waals surface area contributed by atoms with E-state index in [-0.39, 0.29) is 11.8 Å². The van der Waals surface area contributed by atoms with Crippen LogP contribution in [0, 0.1) is 0 Å². The summed E-state index contributed by atoms with van der Waals surface area (Å²) >= 11 is 3.48. The van der Waals surface area contributed by atoms with Gasteiger partial charge in [0.1, 0.15) is 5.75 Å². The molecule has 0 saturated heterocycles. The van der Waals surface area contributed by atoms with Crippen molar-refractivity contribution in [3.05, 3.63) is 52.5 Å². The zero-order valence-corrected chi connectivity index (χ0v) is 18.2. The van der Waals surface area contributed by atoms with E-state index in [1.807, 2.05) is 6.07 Å². The Morgan fingerprint density at radius 1 is 1.11 bits per heavy atom. The van der Waals surface area contributed by atoms with Gasteiger partial charge in [-0.1, -0.05) is 32.3 Å². The summed E-state index contributed by atoms with van der Waals surface area (Å²) in [5, 5.41) is 2.87. The molecule has 28 heavy (non-hydrogen) atoms. The fraction of sp³-hybridized carbons (Fsp3) is 0.364. The van der Waals surface area contributed by atoms with E-state index in [2.05, 4.69) is 28.2 Å². The average molecular weight is 447 g/mol. The third kappa shape index (κ3) is 6.37. The van der Waals surface area contributed by atoms with Gasteiger partial charge in [-0.2, -0.15) is 0 Å². The van der Waals surface area contributed by atoms with E-state index in [0.717, 1.165) is 28.8 Å². The van der Waals surface area contributed by atoms with Crippen LogP contribution in [0.5, 0.6) is 5.75 Å². The molecule has 1 N–H and O–H groups in total.